The Morgan fingerprint density at radius 1 is 1.28 bits per heavy atom. The van der Waals surface area contributed by atoms with Crippen molar-refractivity contribution in [3.63, 3.8) is 0 Å². The molecular weight excluding hydrogens is 336 g/mol. The molecule has 0 saturated carbocycles. The van der Waals surface area contributed by atoms with Gasteiger partial charge < -0.3 is 15.4 Å². The number of carbonyl (C=O) groups is 2. The van der Waals surface area contributed by atoms with Crippen molar-refractivity contribution in [3.8, 4) is 5.75 Å². The molecule has 1 atom stereocenters. The van der Waals surface area contributed by atoms with Crippen molar-refractivity contribution in [2.75, 3.05) is 25.4 Å². The molecule has 0 saturated heterocycles. The Bertz CT molecular complexity index is 653. The van der Waals surface area contributed by atoms with Crippen LogP contribution in [0.5, 0.6) is 5.75 Å². The summed E-state index contributed by atoms with van der Waals surface area (Å²) in [6.45, 7) is 5.71. The summed E-state index contributed by atoms with van der Waals surface area (Å²) in [6, 6.07) is 7.39. The van der Waals surface area contributed by atoms with Gasteiger partial charge in [0.2, 0.25) is 0 Å². The van der Waals surface area contributed by atoms with Gasteiger partial charge in [-0.05, 0) is 49.0 Å². The maximum absolute atomic E-state index is 11.9. The first-order valence-corrected chi connectivity index (χ1v) is 9.26. The highest BCUT2D eigenvalue weighted by atomic mass is 32.2. The number of ether oxygens (including phenoxy) is 1. The third-order valence-electron chi connectivity index (χ3n) is 3.77. The van der Waals surface area contributed by atoms with Crippen molar-refractivity contribution in [2.24, 2.45) is 0 Å². The zero-order chi connectivity index (χ0) is 18.1. The number of hydrogen-bond acceptors (Lipinski definition) is 6. The molecule has 0 aromatic heterocycles. The zero-order valence-corrected chi connectivity index (χ0v) is 15.4. The molecule has 0 aliphatic carbocycles. The second kappa shape index (κ2) is 10.1. The van der Waals surface area contributed by atoms with E-state index in [1.54, 1.807) is 24.3 Å². The quantitative estimate of drug-likeness (QED) is 0.521. The lowest BCUT2D eigenvalue weighted by molar-refractivity contribution is -0.109. The van der Waals surface area contributed by atoms with Crippen LogP contribution in [0, 0.1) is 0 Å². The van der Waals surface area contributed by atoms with Crippen molar-refractivity contribution >= 4 is 22.7 Å². The number of benzene rings is 1. The summed E-state index contributed by atoms with van der Waals surface area (Å²) >= 11 is 1.03. The third-order valence-corrected chi connectivity index (χ3v) is 4.58. The highest BCUT2D eigenvalue weighted by Gasteiger charge is 2.09. The Morgan fingerprint density at radius 3 is 2.72 bits per heavy atom. The molecule has 2 N–H and O–H groups in total. The molecule has 5 nitrogen and oxygen atoms in total. The van der Waals surface area contributed by atoms with E-state index in [0.717, 1.165) is 30.6 Å². The van der Waals surface area contributed by atoms with Gasteiger partial charge >= 0.3 is 0 Å². The van der Waals surface area contributed by atoms with Crippen LogP contribution in [0.1, 0.15) is 24.2 Å². The number of Topliss-reactive ketones (excluding diaryl/α,β-unsaturated/α-hetero) is 1. The number of hydrogen-bond donors (Lipinski definition) is 2. The number of carbonyl (C=O) groups excluding carboxylic acids is 2. The van der Waals surface area contributed by atoms with Crippen LogP contribution in [0.2, 0.25) is 0 Å². The van der Waals surface area contributed by atoms with Crippen molar-refractivity contribution in [3.05, 3.63) is 53.8 Å². The van der Waals surface area contributed by atoms with E-state index in [1.807, 2.05) is 12.3 Å². The molecule has 1 unspecified atom stereocenters. The standard InChI is InChI=1S/C19H24N2O3S/c1-14-17(4-3-9-21-14)12-20-10-11-24-18-7-5-16(6-8-18)19(23)13-25-15(2)22/h3-9,14,20-21H,10-13H2,1-2H3. The molecule has 0 spiro atoms. The van der Waals surface area contributed by atoms with Gasteiger partial charge in [0.05, 0.1) is 5.75 Å². The fraction of sp³-hybridized carbons (Fsp3) is 0.368. The highest BCUT2D eigenvalue weighted by Crippen LogP contribution is 2.14. The summed E-state index contributed by atoms with van der Waals surface area (Å²) in [4.78, 5) is 22.8. The van der Waals surface area contributed by atoms with Crippen molar-refractivity contribution in [1.29, 1.82) is 0 Å². The number of ketones is 1. The van der Waals surface area contributed by atoms with Gasteiger partial charge in [0.1, 0.15) is 12.4 Å². The zero-order valence-electron chi connectivity index (χ0n) is 14.6. The van der Waals surface area contributed by atoms with Gasteiger partial charge in [-0.3, -0.25) is 9.59 Å². The molecule has 0 bridgehead atoms. The van der Waals surface area contributed by atoms with E-state index in [2.05, 4.69) is 23.6 Å². The molecular formula is C19H24N2O3S. The van der Waals surface area contributed by atoms with E-state index in [1.165, 1.54) is 12.5 Å². The number of nitrogens with one attached hydrogen (secondary N) is 2. The van der Waals surface area contributed by atoms with Gasteiger partial charge in [0, 0.05) is 31.6 Å². The molecule has 0 amide bonds. The first-order chi connectivity index (χ1) is 12.1. The van der Waals surface area contributed by atoms with Gasteiger partial charge in [-0.2, -0.15) is 0 Å². The molecule has 25 heavy (non-hydrogen) atoms. The summed E-state index contributed by atoms with van der Waals surface area (Å²) in [5, 5.41) is 6.57. The second-order valence-corrected chi connectivity index (χ2v) is 6.89. The third kappa shape index (κ3) is 6.76. The van der Waals surface area contributed by atoms with E-state index < -0.39 is 0 Å². The summed E-state index contributed by atoms with van der Waals surface area (Å²) in [5.41, 5.74) is 1.91. The Labute approximate surface area is 152 Å². The highest BCUT2D eigenvalue weighted by molar-refractivity contribution is 8.14. The van der Waals surface area contributed by atoms with Crippen LogP contribution in [0.25, 0.3) is 0 Å². The van der Waals surface area contributed by atoms with E-state index in [4.69, 9.17) is 4.74 Å². The first-order valence-electron chi connectivity index (χ1n) is 8.28. The number of rotatable bonds is 9. The lowest BCUT2D eigenvalue weighted by Gasteiger charge is -2.19. The molecule has 1 aromatic rings. The lowest BCUT2D eigenvalue weighted by Crippen LogP contribution is -2.32. The second-order valence-electron chi connectivity index (χ2n) is 5.74. The van der Waals surface area contributed by atoms with Crippen LogP contribution in [0.4, 0.5) is 0 Å². The van der Waals surface area contributed by atoms with Gasteiger partial charge in [-0.1, -0.05) is 17.8 Å². The van der Waals surface area contributed by atoms with E-state index in [9.17, 15) is 9.59 Å². The van der Waals surface area contributed by atoms with E-state index >= 15 is 0 Å². The Morgan fingerprint density at radius 2 is 2.04 bits per heavy atom. The first kappa shape index (κ1) is 19.3. The van der Waals surface area contributed by atoms with Crippen LogP contribution in [0.3, 0.4) is 0 Å². The fourth-order valence-corrected chi connectivity index (χ4v) is 2.80. The lowest BCUT2D eigenvalue weighted by atomic mass is 10.1. The van der Waals surface area contributed by atoms with Crippen LogP contribution < -0.4 is 15.4 Å². The SMILES string of the molecule is CC(=O)SCC(=O)c1ccc(OCCNCC2=CC=CNC2C)cc1. The molecule has 6 heteroatoms. The minimum atomic E-state index is -0.0500. The van der Waals surface area contributed by atoms with Crippen LogP contribution >= 0.6 is 11.8 Å². The van der Waals surface area contributed by atoms with Gasteiger partial charge in [0.25, 0.3) is 0 Å². The van der Waals surface area contributed by atoms with Crippen molar-refractivity contribution < 1.29 is 14.3 Å². The molecule has 134 valence electrons. The normalized spacial score (nSPS) is 16.1. The summed E-state index contributed by atoms with van der Waals surface area (Å²) < 4.78 is 5.67. The topological polar surface area (TPSA) is 67.4 Å². The predicted octanol–water partition coefficient (Wildman–Crippen LogP) is 2.55. The summed E-state index contributed by atoms with van der Waals surface area (Å²) in [6.07, 6.45) is 6.07. The van der Waals surface area contributed by atoms with E-state index in [-0.39, 0.29) is 16.7 Å². The summed E-state index contributed by atoms with van der Waals surface area (Å²) in [7, 11) is 0. The van der Waals surface area contributed by atoms with Crippen LogP contribution in [-0.4, -0.2) is 42.4 Å². The van der Waals surface area contributed by atoms with E-state index in [0.29, 0.717) is 18.2 Å². The minimum Gasteiger partial charge on any atom is -0.492 e. The Kier molecular flexibility index (Phi) is 7.76. The van der Waals surface area contributed by atoms with Crippen LogP contribution in [-0.2, 0) is 4.79 Å². The maximum atomic E-state index is 11.9. The van der Waals surface area contributed by atoms with Gasteiger partial charge in [0.15, 0.2) is 10.9 Å². The van der Waals surface area contributed by atoms with Gasteiger partial charge in [-0.15, -0.1) is 0 Å². The monoisotopic (exact) mass is 360 g/mol. The predicted molar refractivity (Wildman–Crippen MR) is 102 cm³/mol. The van der Waals surface area contributed by atoms with Gasteiger partial charge in [-0.25, -0.2) is 0 Å². The van der Waals surface area contributed by atoms with Crippen LogP contribution in [0.15, 0.2) is 48.2 Å². The van der Waals surface area contributed by atoms with Crippen molar-refractivity contribution in [1.82, 2.24) is 10.6 Å². The molecule has 0 fully saturated rings. The number of allylic oxidation sites excluding steroid dienone is 2. The number of dihydropyridines is 1. The average molecular weight is 360 g/mol. The Hall–Kier alpha value is -2.05. The Balaban J connectivity index is 1.67. The van der Waals surface area contributed by atoms with Crippen molar-refractivity contribution in [2.45, 2.75) is 19.9 Å². The molecule has 2 rings (SSSR count). The number of thioether (sulfide) groups is 1. The minimum absolute atomic E-state index is 0.0500. The maximum Gasteiger partial charge on any atom is 0.186 e. The summed E-state index contributed by atoms with van der Waals surface area (Å²) in [5.74, 6) is 0.857. The molecule has 1 aliphatic heterocycles. The molecule has 1 aliphatic rings. The molecule has 0 radical (unpaired) electrons. The smallest absolute Gasteiger partial charge is 0.186 e. The molecule has 1 aromatic carbocycles. The average Bonchev–Trinajstić information content (AvgIpc) is 2.61. The molecule has 1 heterocycles. The largest absolute Gasteiger partial charge is 0.492 e. The fourth-order valence-electron chi connectivity index (χ4n) is 2.30.